The second-order valence-corrected chi connectivity index (χ2v) is 6.13. The van der Waals surface area contributed by atoms with Crippen LogP contribution < -0.4 is 0 Å². The van der Waals surface area contributed by atoms with Gasteiger partial charge in [0.15, 0.2) is 0 Å². The number of ether oxygens (including phenoxy) is 1. The molecule has 25 heavy (non-hydrogen) atoms. The number of benzene rings is 1. The Kier molecular flexibility index (Phi) is 4.91. The highest BCUT2D eigenvalue weighted by molar-refractivity contribution is 5.79. The van der Waals surface area contributed by atoms with Gasteiger partial charge >= 0.3 is 12.1 Å². The van der Waals surface area contributed by atoms with E-state index in [0.29, 0.717) is 12.1 Å². The first-order chi connectivity index (χ1) is 11.5. The highest BCUT2D eigenvalue weighted by atomic mass is 19.4. The lowest BCUT2D eigenvalue weighted by atomic mass is 9.88. The first-order valence-electron chi connectivity index (χ1n) is 7.27. The first kappa shape index (κ1) is 19.3. The van der Waals surface area contributed by atoms with E-state index in [0.717, 1.165) is 13.2 Å². The van der Waals surface area contributed by atoms with Crippen LogP contribution in [0.25, 0.3) is 0 Å². The van der Waals surface area contributed by atoms with Crippen molar-refractivity contribution in [2.24, 2.45) is 0 Å². The van der Waals surface area contributed by atoms with Crippen molar-refractivity contribution in [2.45, 2.75) is 23.9 Å². The molecule has 0 saturated heterocycles. The van der Waals surface area contributed by atoms with Crippen molar-refractivity contribution < 1.29 is 36.3 Å². The molecule has 1 fully saturated rings. The quantitative estimate of drug-likeness (QED) is 0.442. The smallest absolute Gasteiger partial charge is 0.416 e. The Balaban J connectivity index is 2.44. The van der Waals surface area contributed by atoms with Gasteiger partial charge in [-0.25, -0.2) is 8.78 Å². The lowest BCUT2D eigenvalue weighted by molar-refractivity contribution is -0.141. The van der Waals surface area contributed by atoms with Crippen LogP contribution in [0.1, 0.15) is 27.9 Å². The average molecular weight is 365 g/mol. The maximum atomic E-state index is 14.1. The summed E-state index contributed by atoms with van der Waals surface area (Å²) in [4.78, 5) is 23.7. The van der Waals surface area contributed by atoms with Crippen molar-refractivity contribution in [1.29, 1.82) is 0 Å². The van der Waals surface area contributed by atoms with Crippen LogP contribution in [0, 0.1) is 0 Å². The largest absolute Gasteiger partial charge is 0.468 e. The van der Waals surface area contributed by atoms with Gasteiger partial charge in [0, 0.05) is 18.5 Å². The van der Waals surface area contributed by atoms with Crippen molar-refractivity contribution in [1.82, 2.24) is 4.90 Å². The van der Waals surface area contributed by atoms with Gasteiger partial charge in [-0.1, -0.05) is 6.07 Å². The van der Waals surface area contributed by atoms with Crippen molar-refractivity contribution in [2.75, 3.05) is 27.2 Å². The molecule has 0 heterocycles. The zero-order valence-electron chi connectivity index (χ0n) is 13.5. The zero-order chi connectivity index (χ0) is 19.0. The van der Waals surface area contributed by atoms with Crippen LogP contribution in [0.4, 0.5) is 22.0 Å². The summed E-state index contributed by atoms with van der Waals surface area (Å²) < 4.78 is 71.5. The number of halogens is 5. The van der Waals surface area contributed by atoms with Gasteiger partial charge < -0.3 is 4.74 Å². The third-order valence-electron chi connectivity index (χ3n) is 4.29. The van der Waals surface area contributed by atoms with Crippen molar-refractivity contribution in [3.8, 4) is 0 Å². The van der Waals surface area contributed by atoms with Crippen LogP contribution in [0.3, 0.4) is 0 Å². The maximum Gasteiger partial charge on any atom is 0.416 e. The average Bonchev–Trinajstić information content (AvgIpc) is 3.06. The number of hydrogen-bond donors (Lipinski definition) is 0. The summed E-state index contributed by atoms with van der Waals surface area (Å²) in [6.45, 7) is -0.693. The predicted octanol–water partition coefficient (Wildman–Crippen LogP) is 2.90. The lowest BCUT2D eigenvalue weighted by Gasteiger charge is -2.25. The topological polar surface area (TPSA) is 46.6 Å². The maximum absolute atomic E-state index is 14.1. The third kappa shape index (κ3) is 3.65. The van der Waals surface area contributed by atoms with E-state index in [2.05, 4.69) is 4.74 Å². The van der Waals surface area contributed by atoms with E-state index in [1.54, 1.807) is 0 Å². The van der Waals surface area contributed by atoms with E-state index in [1.807, 2.05) is 0 Å². The Morgan fingerprint density at radius 3 is 2.40 bits per heavy atom. The Bertz CT molecular complexity index is 689. The Morgan fingerprint density at radius 2 is 1.96 bits per heavy atom. The number of aldehydes is 1. The summed E-state index contributed by atoms with van der Waals surface area (Å²) in [7, 11) is 2.51. The molecule has 0 amide bonds. The molecule has 1 aliphatic rings. The molecule has 4 nitrogen and oxygen atoms in total. The summed E-state index contributed by atoms with van der Waals surface area (Å²) in [5, 5.41) is 0. The second kappa shape index (κ2) is 6.36. The summed E-state index contributed by atoms with van der Waals surface area (Å²) in [5.74, 6) is -3.94. The second-order valence-electron chi connectivity index (χ2n) is 6.13. The van der Waals surface area contributed by atoms with E-state index >= 15 is 0 Å². The summed E-state index contributed by atoms with van der Waals surface area (Å²) >= 11 is 0. The van der Waals surface area contributed by atoms with Crippen LogP contribution in [0.5, 0.6) is 0 Å². The Morgan fingerprint density at radius 1 is 1.36 bits per heavy atom. The number of likely N-dealkylation sites (N-methyl/N-ethyl adjacent to an activating group) is 1. The van der Waals surface area contributed by atoms with Crippen molar-refractivity contribution in [3.05, 3.63) is 34.9 Å². The van der Waals surface area contributed by atoms with Crippen molar-refractivity contribution in [3.63, 3.8) is 0 Å². The molecule has 138 valence electrons. The number of nitrogens with zero attached hydrogens (tertiary/aromatic N) is 1. The molecule has 0 aliphatic heterocycles. The van der Waals surface area contributed by atoms with E-state index in [1.165, 1.54) is 11.9 Å². The third-order valence-corrected chi connectivity index (χ3v) is 4.29. The Hall–Kier alpha value is -2.03. The van der Waals surface area contributed by atoms with E-state index in [4.69, 9.17) is 0 Å². The molecule has 1 unspecified atom stereocenters. The molecule has 0 aromatic heterocycles. The summed E-state index contributed by atoms with van der Waals surface area (Å²) in [5.41, 5.74) is -3.64. The normalized spacial score (nSPS) is 21.9. The van der Waals surface area contributed by atoms with E-state index in [9.17, 15) is 31.5 Å². The van der Waals surface area contributed by atoms with Gasteiger partial charge in [-0.15, -0.1) is 0 Å². The van der Waals surface area contributed by atoms with Crippen LogP contribution >= 0.6 is 0 Å². The number of alkyl halides is 5. The number of carbonyl (C=O) groups is 2. The number of carbonyl (C=O) groups excluding carboxylic acids is 2. The number of rotatable bonds is 6. The lowest BCUT2D eigenvalue weighted by Crippen LogP contribution is -2.37. The van der Waals surface area contributed by atoms with Crippen LogP contribution in [0.2, 0.25) is 0 Å². The van der Waals surface area contributed by atoms with Gasteiger partial charge in [-0.2, -0.15) is 13.2 Å². The molecular weight excluding hydrogens is 349 g/mol. The molecule has 1 saturated carbocycles. The molecule has 1 aromatic rings. The fourth-order valence-electron chi connectivity index (χ4n) is 2.94. The molecule has 0 N–H and O–H groups in total. The minimum Gasteiger partial charge on any atom is -0.468 e. The number of esters is 1. The molecular formula is C16H16F5NO3. The van der Waals surface area contributed by atoms with Crippen LogP contribution in [0.15, 0.2) is 18.2 Å². The molecule has 1 atom stereocenters. The zero-order valence-corrected chi connectivity index (χ0v) is 13.5. The molecule has 2 rings (SSSR count). The highest BCUT2D eigenvalue weighted by Gasteiger charge is 2.72. The molecule has 0 bridgehead atoms. The van der Waals surface area contributed by atoms with Gasteiger partial charge in [-0.3, -0.25) is 14.5 Å². The van der Waals surface area contributed by atoms with Gasteiger partial charge in [0.1, 0.15) is 6.29 Å². The first-order valence-corrected chi connectivity index (χ1v) is 7.27. The molecule has 1 aliphatic carbocycles. The molecule has 0 radical (unpaired) electrons. The summed E-state index contributed by atoms with van der Waals surface area (Å²) in [6.07, 6.45) is -5.17. The van der Waals surface area contributed by atoms with E-state index in [-0.39, 0.29) is 24.0 Å². The minimum atomic E-state index is -4.72. The van der Waals surface area contributed by atoms with Gasteiger partial charge in [0.05, 0.1) is 24.6 Å². The van der Waals surface area contributed by atoms with Crippen LogP contribution in [-0.2, 0) is 21.1 Å². The molecule has 0 spiro atoms. The van der Waals surface area contributed by atoms with Gasteiger partial charge in [0.2, 0.25) is 0 Å². The van der Waals surface area contributed by atoms with Gasteiger partial charge in [0.25, 0.3) is 5.92 Å². The molecule has 1 aromatic carbocycles. The fourth-order valence-corrected chi connectivity index (χ4v) is 2.94. The minimum absolute atomic E-state index is 0.225. The highest BCUT2D eigenvalue weighted by Crippen LogP contribution is 2.62. The van der Waals surface area contributed by atoms with Crippen molar-refractivity contribution >= 4 is 12.3 Å². The Labute approximate surface area is 140 Å². The van der Waals surface area contributed by atoms with E-state index < -0.39 is 42.0 Å². The number of hydrogen-bond acceptors (Lipinski definition) is 4. The SMILES string of the molecule is COC(=O)CN(C)CC1(c2cc(C(F)(F)F)ccc2C=O)CC1(F)F. The fraction of sp³-hybridized carbons (Fsp3) is 0.500. The van der Waals surface area contributed by atoms with Crippen LogP contribution in [-0.4, -0.2) is 50.3 Å². The molecule has 9 heteroatoms. The standard InChI is InChI=1S/C16H16F5NO3/c1-22(6-13(24)25-2)9-14(8-15(14,17)18)12-5-11(16(19,20)21)4-3-10(12)7-23/h3-5,7H,6,8-9H2,1-2H3. The summed E-state index contributed by atoms with van der Waals surface area (Å²) in [6, 6.07) is 2.16. The monoisotopic (exact) mass is 365 g/mol. The number of methoxy groups -OCH3 is 1. The van der Waals surface area contributed by atoms with Gasteiger partial charge in [-0.05, 0) is 24.7 Å². The predicted molar refractivity (Wildman–Crippen MR) is 77.6 cm³/mol.